The molecule has 1 aromatic heterocycles. The molecule has 236 valence electrons. The Morgan fingerprint density at radius 2 is 1.08 bits per heavy atom. The predicted octanol–water partition coefficient (Wildman–Crippen LogP) is 14.2. The largest absolute Gasteiger partial charge is 0.309 e. The maximum absolute atomic E-state index is 3.63. The van der Waals surface area contributed by atoms with Gasteiger partial charge in [-0.15, -0.1) is 0 Å². The number of para-hydroxylation sites is 1. The van der Waals surface area contributed by atoms with E-state index in [4.69, 9.17) is 0 Å². The molecule has 1 heterocycles. The maximum Gasteiger partial charge on any atom is 0.0552 e. The fourth-order valence-corrected chi connectivity index (χ4v) is 8.14. The summed E-state index contributed by atoms with van der Waals surface area (Å²) in [6.07, 6.45) is 1.05. The lowest BCUT2D eigenvalue weighted by Crippen LogP contribution is -1.92. The highest BCUT2D eigenvalue weighted by Gasteiger charge is 2.20. The van der Waals surface area contributed by atoms with Gasteiger partial charge in [0.05, 0.1) is 11.0 Å². The van der Waals surface area contributed by atoms with Gasteiger partial charge in [0.25, 0.3) is 0 Å². The van der Waals surface area contributed by atoms with Gasteiger partial charge in [-0.2, -0.15) is 0 Å². The smallest absolute Gasteiger partial charge is 0.0552 e. The fourth-order valence-electron chi connectivity index (χ4n) is 6.97. The van der Waals surface area contributed by atoms with Crippen LogP contribution in [0.3, 0.4) is 0 Å². The molecule has 10 rings (SSSR count). The van der Waals surface area contributed by atoms with E-state index in [2.05, 4.69) is 211 Å². The van der Waals surface area contributed by atoms with Crippen LogP contribution in [0.25, 0.3) is 60.2 Å². The first-order valence-electron chi connectivity index (χ1n) is 16.2. The Balaban J connectivity index is 0.000000122. The van der Waals surface area contributed by atoms with Crippen molar-refractivity contribution in [1.29, 1.82) is 0 Å². The van der Waals surface area contributed by atoms with E-state index in [-0.39, 0.29) is 0 Å². The summed E-state index contributed by atoms with van der Waals surface area (Å²) in [4.78, 5) is 0. The first-order chi connectivity index (χ1) is 24.0. The highest BCUT2D eigenvalue weighted by molar-refractivity contribution is 14.1. The minimum atomic E-state index is 1.05. The number of benzene rings is 8. The summed E-state index contributed by atoms with van der Waals surface area (Å²) >= 11 is 9.47. The van der Waals surface area contributed by atoms with Crippen LogP contribution in [0.4, 0.5) is 0 Å². The molecule has 0 saturated heterocycles. The third-order valence-corrected chi connectivity index (χ3v) is 10.8. The summed E-state index contributed by atoms with van der Waals surface area (Å²) in [6.45, 7) is 0. The summed E-state index contributed by atoms with van der Waals surface area (Å²) in [5.41, 5.74) is 9.35. The number of nitrogens with zero attached hydrogens (tertiary/aromatic N) is 1. The molecule has 4 heteroatoms. The van der Waals surface area contributed by atoms with Crippen molar-refractivity contribution < 1.29 is 0 Å². The van der Waals surface area contributed by atoms with Gasteiger partial charge in [0.2, 0.25) is 0 Å². The van der Waals surface area contributed by atoms with Crippen LogP contribution >= 0.6 is 54.5 Å². The molecule has 0 N–H and O–H groups in total. The zero-order valence-electron chi connectivity index (χ0n) is 26.5. The van der Waals surface area contributed by atoms with Crippen molar-refractivity contribution in [3.63, 3.8) is 0 Å². The van der Waals surface area contributed by atoms with Crippen molar-refractivity contribution >= 4 is 97.8 Å². The monoisotopic (exact) mass is 869 g/mol. The number of fused-ring (bicyclic) bond motifs is 10. The van der Waals surface area contributed by atoms with Crippen molar-refractivity contribution in [1.82, 2.24) is 4.57 Å². The van der Waals surface area contributed by atoms with Crippen LogP contribution in [0.2, 0.25) is 0 Å². The minimum Gasteiger partial charge on any atom is -0.309 e. The van der Waals surface area contributed by atoms with Crippen molar-refractivity contribution in [2.75, 3.05) is 0 Å². The molecule has 0 unspecified atom stereocenters. The van der Waals surface area contributed by atoms with Crippen molar-refractivity contribution in [2.45, 2.75) is 6.42 Å². The average molecular weight is 871 g/mol. The van der Waals surface area contributed by atoms with Gasteiger partial charge in [-0.05, 0) is 127 Å². The van der Waals surface area contributed by atoms with E-state index in [1.807, 2.05) is 18.2 Å². The molecule has 0 amide bonds. The normalized spacial score (nSPS) is 11.5. The SMILES string of the molecule is Brc1ccc2c(c1)Cc1ccc3ccccc3c1-2.Brc1ccc2c3c4ccccc4ccc3n(-c3ccccc3)c2c1.Ic1ccccc1. The Bertz CT molecular complexity index is 2610. The second kappa shape index (κ2) is 13.9. The molecular formula is C45H30Br2IN. The molecular weight excluding hydrogens is 841 g/mol. The summed E-state index contributed by atoms with van der Waals surface area (Å²) in [5, 5.41) is 7.88. The molecule has 8 aromatic carbocycles. The van der Waals surface area contributed by atoms with Crippen LogP contribution < -0.4 is 0 Å². The number of halogens is 3. The van der Waals surface area contributed by atoms with Gasteiger partial charge in [0.1, 0.15) is 0 Å². The molecule has 1 aliphatic carbocycles. The predicted molar refractivity (Wildman–Crippen MR) is 225 cm³/mol. The van der Waals surface area contributed by atoms with Gasteiger partial charge in [-0.3, -0.25) is 0 Å². The van der Waals surface area contributed by atoms with E-state index in [0.29, 0.717) is 0 Å². The standard InChI is InChI=1S/C22H14BrN.C17H11Br.C6H5I/c23-16-11-12-19-21(14-16)24(17-7-2-1-3-8-17)20-13-10-15-6-4-5-9-18(15)22(19)20;18-14-7-8-16-13(10-14)9-12-6-5-11-3-1-2-4-15(11)17(12)16;7-6-4-2-1-3-5-6/h1-14H;1-8,10H,9H2;1-5H. The van der Waals surface area contributed by atoms with Crippen molar-refractivity contribution in [3.8, 4) is 16.8 Å². The minimum absolute atomic E-state index is 1.05. The van der Waals surface area contributed by atoms with Gasteiger partial charge in [0.15, 0.2) is 0 Å². The fraction of sp³-hybridized carbons (Fsp3) is 0.0222. The van der Waals surface area contributed by atoms with E-state index in [9.17, 15) is 0 Å². The lowest BCUT2D eigenvalue weighted by Gasteiger charge is -2.08. The zero-order valence-corrected chi connectivity index (χ0v) is 31.8. The first kappa shape index (κ1) is 32.0. The molecule has 0 saturated carbocycles. The van der Waals surface area contributed by atoms with Crippen LogP contribution in [-0.2, 0) is 6.42 Å². The maximum atomic E-state index is 3.63. The molecule has 0 radical (unpaired) electrons. The van der Waals surface area contributed by atoms with Crippen LogP contribution in [0.5, 0.6) is 0 Å². The Morgan fingerprint density at radius 1 is 0.469 bits per heavy atom. The van der Waals surface area contributed by atoms with Gasteiger partial charge < -0.3 is 4.57 Å². The second-order valence-corrected chi connectivity index (χ2v) is 15.2. The van der Waals surface area contributed by atoms with E-state index in [0.717, 1.165) is 10.9 Å². The topological polar surface area (TPSA) is 4.93 Å². The molecule has 0 spiro atoms. The molecule has 0 aliphatic heterocycles. The lowest BCUT2D eigenvalue weighted by atomic mass is 9.98. The second-order valence-electron chi connectivity index (χ2n) is 12.1. The first-order valence-corrected chi connectivity index (χ1v) is 18.9. The summed E-state index contributed by atoms with van der Waals surface area (Å²) in [7, 11) is 0. The van der Waals surface area contributed by atoms with Gasteiger partial charge >= 0.3 is 0 Å². The van der Waals surface area contributed by atoms with E-state index < -0.39 is 0 Å². The number of hydrogen-bond acceptors (Lipinski definition) is 0. The highest BCUT2D eigenvalue weighted by atomic mass is 127. The Labute approximate surface area is 316 Å². The number of hydrogen-bond donors (Lipinski definition) is 0. The summed E-state index contributed by atoms with van der Waals surface area (Å²) in [5.74, 6) is 0. The van der Waals surface area contributed by atoms with Gasteiger partial charge in [-0.1, -0.05) is 147 Å². The Morgan fingerprint density at radius 3 is 1.82 bits per heavy atom. The van der Waals surface area contributed by atoms with Crippen molar-refractivity contribution in [2.24, 2.45) is 0 Å². The third kappa shape index (κ3) is 6.34. The average Bonchev–Trinajstić information content (AvgIpc) is 3.68. The van der Waals surface area contributed by atoms with Crippen LogP contribution in [0.1, 0.15) is 11.1 Å². The Kier molecular flexibility index (Phi) is 9.11. The molecule has 0 bridgehead atoms. The quantitative estimate of drug-likeness (QED) is 0.145. The van der Waals surface area contributed by atoms with Crippen LogP contribution in [0, 0.1) is 3.57 Å². The zero-order chi connectivity index (χ0) is 33.3. The van der Waals surface area contributed by atoms with Crippen molar-refractivity contribution in [3.05, 3.63) is 194 Å². The van der Waals surface area contributed by atoms with Crippen LogP contribution in [-0.4, -0.2) is 4.57 Å². The molecule has 49 heavy (non-hydrogen) atoms. The molecule has 0 fully saturated rings. The Hall–Kier alpha value is -4.23. The molecule has 9 aromatic rings. The lowest BCUT2D eigenvalue weighted by molar-refractivity contribution is 1.18. The molecule has 1 aliphatic rings. The van der Waals surface area contributed by atoms with E-state index in [1.165, 1.54) is 79.3 Å². The number of aromatic nitrogens is 1. The summed E-state index contributed by atoms with van der Waals surface area (Å²) in [6, 6.07) is 60.1. The van der Waals surface area contributed by atoms with Gasteiger partial charge in [-0.25, -0.2) is 0 Å². The van der Waals surface area contributed by atoms with E-state index >= 15 is 0 Å². The highest BCUT2D eigenvalue weighted by Crippen LogP contribution is 2.42. The van der Waals surface area contributed by atoms with Gasteiger partial charge in [0, 0.05) is 29.0 Å². The molecule has 0 atom stereocenters. The third-order valence-electron chi connectivity index (χ3n) is 9.10. The van der Waals surface area contributed by atoms with E-state index in [1.54, 1.807) is 0 Å². The van der Waals surface area contributed by atoms with Crippen LogP contribution in [0.15, 0.2) is 179 Å². The molecule has 1 nitrogen and oxygen atoms in total. The number of rotatable bonds is 1. The summed E-state index contributed by atoms with van der Waals surface area (Å²) < 4.78 is 5.90.